The fourth-order valence-corrected chi connectivity index (χ4v) is 11.2. The number of hydrogen-bond acceptors (Lipinski definition) is 19. The van der Waals surface area contributed by atoms with Crippen molar-refractivity contribution in [2.75, 3.05) is 44.2 Å². The highest BCUT2D eigenvalue weighted by atomic mass is 33.1. The lowest BCUT2D eigenvalue weighted by molar-refractivity contribution is -0.141. The first-order valence-electron chi connectivity index (χ1n) is 29.3. The molecule has 0 bridgehead atoms. The summed E-state index contributed by atoms with van der Waals surface area (Å²) in [6.07, 6.45) is 3.17. The zero-order valence-electron chi connectivity index (χ0n) is 49.0. The van der Waals surface area contributed by atoms with E-state index in [1.807, 2.05) is 13.8 Å². The Morgan fingerprint density at radius 3 is 1.49 bits per heavy atom. The van der Waals surface area contributed by atoms with E-state index in [2.05, 4.69) is 47.9 Å². The number of unbranched alkanes of at least 4 members (excludes halogenated alkanes) is 5. The van der Waals surface area contributed by atoms with Crippen molar-refractivity contribution in [1.29, 1.82) is 0 Å². The summed E-state index contributed by atoms with van der Waals surface area (Å²) in [5, 5.41) is 45.1. The van der Waals surface area contributed by atoms with Crippen LogP contribution in [0.1, 0.15) is 129 Å². The second-order valence-electron chi connectivity index (χ2n) is 21.5. The Morgan fingerprint density at radius 2 is 0.988 bits per heavy atom. The summed E-state index contributed by atoms with van der Waals surface area (Å²) in [5.74, 6) is -9.57. The van der Waals surface area contributed by atoms with Gasteiger partial charge in [-0.2, -0.15) is 0 Å². The van der Waals surface area contributed by atoms with Gasteiger partial charge in [0.05, 0.1) is 12.1 Å². The van der Waals surface area contributed by atoms with Gasteiger partial charge in [0.1, 0.15) is 54.4 Å². The Hall–Kier alpha value is -5.66. The van der Waals surface area contributed by atoms with Crippen LogP contribution in [0.3, 0.4) is 0 Å². The fraction of sp³-hybridized carbons (Fsp3) is 0.709. The Labute approximate surface area is 501 Å². The van der Waals surface area contributed by atoms with Crippen LogP contribution in [0.25, 0.3) is 0 Å². The summed E-state index contributed by atoms with van der Waals surface area (Å²) in [6, 6.07) is -4.82. The Morgan fingerprint density at radius 1 is 0.548 bits per heavy atom. The van der Waals surface area contributed by atoms with Gasteiger partial charge in [0.15, 0.2) is 0 Å². The van der Waals surface area contributed by atoms with Crippen LogP contribution in [0.5, 0.6) is 0 Å². The molecule has 84 heavy (non-hydrogen) atoms. The molecule has 1 saturated heterocycles. The fourth-order valence-electron chi connectivity index (χ4n) is 8.87. The molecule has 0 saturated carbocycles. The van der Waals surface area contributed by atoms with Crippen LogP contribution in [0, 0.1) is 5.92 Å². The molecular formula is C55H97N15O12S2. The Kier molecular flexibility index (Phi) is 37.4. The van der Waals surface area contributed by atoms with E-state index < -0.39 is 126 Å². The highest BCUT2D eigenvalue weighted by Crippen LogP contribution is 2.24. The van der Waals surface area contributed by atoms with Crippen molar-refractivity contribution < 1.29 is 58.2 Å². The Bertz CT molecular complexity index is 2210. The van der Waals surface area contributed by atoms with E-state index >= 15 is 0 Å². The molecule has 1 aliphatic rings. The number of carbonyl (C=O) groups is 10. The molecule has 0 radical (unpaired) electrons. The average molecular weight is 1220 g/mol. The second-order valence-corrected chi connectivity index (χ2v) is 24.0. The molecule has 23 N–H and O–H groups in total. The van der Waals surface area contributed by atoms with Gasteiger partial charge >= 0.3 is 5.97 Å². The minimum atomic E-state index is -1.57. The van der Waals surface area contributed by atoms with Crippen LogP contribution in [0.4, 0.5) is 0 Å². The SMILES string of the molecule is CC(C)C[C@@H]1NC(=O)[C@H](Cc2ccccc2)NC(=O)[C@H](CCCCN)NC(=O)[C@@H](NC(=O)[C@H](CCCCN)NC(=O)[C@@H](NC(=O)[C@@H](N)CCCCN)[C@@H](C)O)CSSC[C@@H](C(=O)O)NC(=O)[C@H](CCCCN)NC(=O)[C@H](CCCCN)NC1=O. The van der Waals surface area contributed by atoms with Gasteiger partial charge in [-0.15, -0.1) is 0 Å². The molecule has 0 spiro atoms. The molecule has 2 rings (SSSR count). The third-order valence-corrected chi connectivity index (χ3v) is 16.2. The van der Waals surface area contributed by atoms with E-state index in [4.69, 9.17) is 34.4 Å². The molecule has 29 heteroatoms. The van der Waals surface area contributed by atoms with Gasteiger partial charge < -0.3 is 92.5 Å². The number of nitrogens with one attached hydrogen (secondary N) is 9. The van der Waals surface area contributed by atoms with E-state index in [9.17, 15) is 58.2 Å². The molecule has 1 fully saturated rings. The number of carboxylic acid groups (broad SMARTS) is 1. The largest absolute Gasteiger partial charge is 0.480 e. The van der Waals surface area contributed by atoms with Gasteiger partial charge in [-0.25, -0.2) is 4.79 Å². The first-order chi connectivity index (χ1) is 40.1. The van der Waals surface area contributed by atoms with Gasteiger partial charge in [-0.05, 0) is 147 Å². The predicted octanol–water partition coefficient (Wildman–Crippen LogP) is -2.53. The average Bonchev–Trinajstić information content (AvgIpc) is 3.67. The number of carbonyl (C=O) groups excluding carboxylic acids is 9. The molecule has 27 nitrogen and oxygen atoms in total. The molecule has 1 aromatic carbocycles. The topological polar surface area (TPSA) is 476 Å². The third-order valence-electron chi connectivity index (χ3n) is 13.7. The van der Waals surface area contributed by atoms with E-state index in [1.54, 1.807) is 30.3 Å². The van der Waals surface area contributed by atoms with Crippen molar-refractivity contribution in [2.45, 2.75) is 196 Å². The van der Waals surface area contributed by atoms with E-state index in [0.29, 0.717) is 76.3 Å². The highest BCUT2D eigenvalue weighted by Gasteiger charge is 2.37. The van der Waals surface area contributed by atoms with Crippen LogP contribution in [-0.2, 0) is 54.4 Å². The molecule has 1 aromatic rings. The molecule has 1 heterocycles. The molecule has 9 amide bonds. The molecule has 0 aliphatic carbocycles. The maximum absolute atomic E-state index is 14.7. The summed E-state index contributed by atoms with van der Waals surface area (Å²) < 4.78 is 0. The van der Waals surface area contributed by atoms with E-state index in [0.717, 1.165) is 21.6 Å². The van der Waals surface area contributed by atoms with Gasteiger partial charge in [0.2, 0.25) is 53.2 Å². The van der Waals surface area contributed by atoms with Crippen molar-refractivity contribution in [3.05, 3.63) is 35.9 Å². The van der Waals surface area contributed by atoms with Crippen molar-refractivity contribution >= 4 is 80.7 Å². The van der Waals surface area contributed by atoms with Crippen molar-refractivity contribution in [2.24, 2.45) is 40.3 Å². The summed E-state index contributed by atoms with van der Waals surface area (Å²) in [5.41, 5.74) is 35.5. The first kappa shape index (κ1) is 74.4. The van der Waals surface area contributed by atoms with Crippen molar-refractivity contribution in [3.8, 4) is 0 Å². The quantitative estimate of drug-likeness (QED) is 0.0261. The van der Waals surface area contributed by atoms with Crippen molar-refractivity contribution in [1.82, 2.24) is 47.9 Å². The number of hydrogen-bond donors (Lipinski definition) is 17. The van der Waals surface area contributed by atoms with Gasteiger partial charge in [0, 0.05) is 17.9 Å². The molecule has 476 valence electrons. The summed E-state index contributed by atoms with van der Waals surface area (Å²) in [4.78, 5) is 141. The first-order valence-corrected chi connectivity index (χ1v) is 31.8. The van der Waals surface area contributed by atoms with Crippen LogP contribution in [0.2, 0.25) is 0 Å². The third kappa shape index (κ3) is 29.0. The normalized spacial score (nSPS) is 22.3. The molecule has 11 atom stereocenters. The van der Waals surface area contributed by atoms with E-state index in [1.165, 1.54) is 6.92 Å². The summed E-state index contributed by atoms with van der Waals surface area (Å²) >= 11 is 0. The molecular weight excluding hydrogens is 1130 g/mol. The number of carboxylic acids is 1. The van der Waals surface area contributed by atoms with E-state index in [-0.39, 0.29) is 88.5 Å². The standard InChI is InChI=1S/C55H97N15O12S2/c1-33(2)29-41-51(77)63-37(20-8-13-25-57)47(73)62-39(22-10-15-27-59)50(76)69-44(55(81)82)32-84-83-31-43(53(79)64-38(21-9-14-26-58)48(74)67-42(52(78)66-41)30-35-17-5-4-6-18-35)68-49(75)40(23-11-16-28-60)65-54(80)45(34(3)71)70-46(72)36(61)19-7-12-24-56/h4-6,17-18,33-34,36-45,71H,7-16,19-32,56-61H2,1-3H3,(H,62,73)(H,63,77)(H,64,79)(H,65,80)(H,66,78)(H,67,74)(H,68,75)(H,69,76)(H,70,72)(H,81,82)/t34-,36+,37+,38+,39+,40+,41+,42+,43+,44+,45+/m1/s1. The Balaban J connectivity index is 2.81. The van der Waals surface area contributed by atoms with Crippen LogP contribution in [-0.4, -0.2) is 180 Å². The number of aliphatic hydroxyl groups is 1. The number of nitrogens with two attached hydrogens (primary N) is 6. The number of rotatable bonds is 32. The highest BCUT2D eigenvalue weighted by molar-refractivity contribution is 8.76. The molecule has 0 aromatic heterocycles. The smallest absolute Gasteiger partial charge is 0.327 e. The minimum absolute atomic E-state index is 0.00287. The van der Waals surface area contributed by atoms with Crippen molar-refractivity contribution in [3.63, 3.8) is 0 Å². The summed E-state index contributed by atoms with van der Waals surface area (Å²) in [6.45, 7) is 6.30. The van der Waals surface area contributed by atoms with Gasteiger partial charge in [0.25, 0.3) is 0 Å². The lowest BCUT2D eigenvalue weighted by atomic mass is 9.99. The molecule has 0 unspecified atom stereocenters. The van der Waals surface area contributed by atoms with Gasteiger partial charge in [-0.1, -0.05) is 72.2 Å². The van der Waals surface area contributed by atoms with Crippen LogP contribution in [0.15, 0.2) is 30.3 Å². The lowest BCUT2D eigenvalue weighted by Gasteiger charge is -2.29. The zero-order valence-corrected chi connectivity index (χ0v) is 50.7. The number of amides is 9. The second kappa shape index (κ2) is 42.2. The van der Waals surface area contributed by atoms with Crippen LogP contribution < -0.4 is 82.3 Å². The number of benzene rings is 1. The zero-order chi connectivity index (χ0) is 62.6. The van der Waals surface area contributed by atoms with Gasteiger partial charge in [-0.3, -0.25) is 43.2 Å². The number of aliphatic hydroxyl groups excluding tert-OH is 1. The van der Waals surface area contributed by atoms with Crippen LogP contribution >= 0.6 is 21.6 Å². The lowest BCUT2D eigenvalue weighted by Crippen LogP contribution is -2.61. The predicted molar refractivity (Wildman–Crippen MR) is 324 cm³/mol. The monoisotopic (exact) mass is 1220 g/mol. The maximum atomic E-state index is 14.7. The minimum Gasteiger partial charge on any atom is -0.480 e. The summed E-state index contributed by atoms with van der Waals surface area (Å²) in [7, 11) is 1.86. The molecule has 1 aliphatic heterocycles. The number of aliphatic carboxylic acids is 1. The maximum Gasteiger partial charge on any atom is 0.327 e.